The molecule has 78 valence electrons. The first-order chi connectivity index (χ1) is 6.86. The Morgan fingerprint density at radius 2 is 2.71 bits per heavy atom. The van der Waals surface area contributed by atoms with Crippen LogP contribution in [0.15, 0.2) is 12.4 Å². The van der Waals surface area contributed by atoms with Crippen LogP contribution in [0, 0.1) is 0 Å². The lowest BCUT2D eigenvalue weighted by Crippen LogP contribution is -2.36. The molecule has 2 atom stereocenters. The van der Waals surface area contributed by atoms with Crippen LogP contribution in [0.5, 0.6) is 0 Å². The second-order valence-corrected chi connectivity index (χ2v) is 3.76. The summed E-state index contributed by atoms with van der Waals surface area (Å²) in [4.78, 5) is 7.22. The number of H-pyrrole nitrogens is 1. The summed E-state index contributed by atoms with van der Waals surface area (Å²) in [7, 11) is 0. The lowest BCUT2D eigenvalue weighted by molar-refractivity contribution is 0.0830. The fourth-order valence-electron chi connectivity index (χ4n) is 1.78. The summed E-state index contributed by atoms with van der Waals surface area (Å²) in [6.07, 6.45) is 6.36. The van der Waals surface area contributed by atoms with Gasteiger partial charge in [-0.1, -0.05) is 0 Å². The van der Waals surface area contributed by atoms with Crippen LogP contribution in [0.1, 0.15) is 25.6 Å². The predicted molar refractivity (Wildman–Crippen MR) is 53.9 cm³/mol. The highest BCUT2D eigenvalue weighted by atomic mass is 16.5. The zero-order valence-electron chi connectivity index (χ0n) is 8.49. The normalized spacial score (nSPS) is 23.9. The second-order valence-electron chi connectivity index (χ2n) is 3.76. The Labute approximate surface area is 84.1 Å². The van der Waals surface area contributed by atoms with Crippen molar-refractivity contribution in [3.05, 3.63) is 18.2 Å². The standard InChI is InChI=1S/C10H17N3O/c1-8(9-3-2-6-14-9)13-7-10-11-4-5-12-10/h4-5,8-9,13H,2-3,6-7H2,1H3,(H,11,12). The Kier molecular flexibility index (Phi) is 3.16. The Morgan fingerprint density at radius 3 is 3.36 bits per heavy atom. The fraction of sp³-hybridized carbons (Fsp3) is 0.700. The highest BCUT2D eigenvalue weighted by molar-refractivity contribution is 4.87. The van der Waals surface area contributed by atoms with Crippen LogP contribution >= 0.6 is 0 Å². The van der Waals surface area contributed by atoms with Crippen LogP contribution in [0.4, 0.5) is 0 Å². The molecule has 4 heteroatoms. The number of imidazole rings is 1. The Morgan fingerprint density at radius 1 is 1.79 bits per heavy atom. The molecule has 0 saturated carbocycles. The number of rotatable bonds is 4. The maximum Gasteiger partial charge on any atom is 0.120 e. The molecule has 1 aromatic heterocycles. The summed E-state index contributed by atoms with van der Waals surface area (Å²) < 4.78 is 5.59. The molecule has 1 aromatic rings. The molecule has 14 heavy (non-hydrogen) atoms. The van der Waals surface area contributed by atoms with E-state index in [1.807, 2.05) is 6.20 Å². The quantitative estimate of drug-likeness (QED) is 0.755. The summed E-state index contributed by atoms with van der Waals surface area (Å²) in [5, 5.41) is 3.41. The molecule has 4 nitrogen and oxygen atoms in total. The molecule has 0 bridgehead atoms. The van der Waals surface area contributed by atoms with Crippen molar-refractivity contribution < 1.29 is 4.74 Å². The predicted octanol–water partition coefficient (Wildman–Crippen LogP) is 1.07. The van der Waals surface area contributed by atoms with Gasteiger partial charge in [-0.2, -0.15) is 0 Å². The average molecular weight is 195 g/mol. The smallest absolute Gasteiger partial charge is 0.120 e. The lowest BCUT2D eigenvalue weighted by atomic mass is 10.1. The van der Waals surface area contributed by atoms with Gasteiger partial charge in [0.1, 0.15) is 5.82 Å². The molecule has 2 N–H and O–H groups in total. The Balaban J connectivity index is 1.74. The summed E-state index contributed by atoms with van der Waals surface area (Å²) in [5.41, 5.74) is 0. The summed E-state index contributed by atoms with van der Waals surface area (Å²) in [5.74, 6) is 0.981. The summed E-state index contributed by atoms with van der Waals surface area (Å²) >= 11 is 0. The fourth-order valence-corrected chi connectivity index (χ4v) is 1.78. The van der Waals surface area contributed by atoms with Gasteiger partial charge in [0.05, 0.1) is 12.6 Å². The van der Waals surface area contributed by atoms with Gasteiger partial charge in [-0.05, 0) is 19.8 Å². The molecule has 1 aliphatic rings. The molecule has 1 aliphatic heterocycles. The number of aromatic nitrogens is 2. The topological polar surface area (TPSA) is 49.9 Å². The highest BCUT2D eigenvalue weighted by Crippen LogP contribution is 2.15. The number of hydrogen-bond acceptors (Lipinski definition) is 3. The maximum atomic E-state index is 5.59. The van der Waals surface area contributed by atoms with Crippen LogP contribution in [0.3, 0.4) is 0 Å². The van der Waals surface area contributed by atoms with Crippen molar-refractivity contribution in [3.8, 4) is 0 Å². The van der Waals surface area contributed by atoms with Crippen molar-refractivity contribution >= 4 is 0 Å². The van der Waals surface area contributed by atoms with Gasteiger partial charge >= 0.3 is 0 Å². The number of aromatic amines is 1. The van der Waals surface area contributed by atoms with Crippen molar-refractivity contribution in [1.29, 1.82) is 0 Å². The highest BCUT2D eigenvalue weighted by Gasteiger charge is 2.21. The molecule has 2 heterocycles. The maximum absolute atomic E-state index is 5.59. The van der Waals surface area contributed by atoms with Gasteiger partial charge < -0.3 is 15.0 Å². The molecule has 1 saturated heterocycles. The van der Waals surface area contributed by atoms with E-state index in [4.69, 9.17) is 4.74 Å². The minimum absolute atomic E-state index is 0.380. The van der Waals surface area contributed by atoms with Crippen molar-refractivity contribution in [2.75, 3.05) is 6.61 Å². The van der Waals surface area contributed by atoms with E-state index in [-0.39, 0.29) is 0 Å². The van der Waals surface area contributed by atoms with Gasteiger partial charge in [-0.3, -0.25) is 0 Å². The van der Waals surface area contributed by atoms with Crippen molar-refractivity contribution in [2.45, 2.75) is 38.5 Å². The van der Waals surface area contributed by atoms with E-state index < -0.39 is 0 Å². The average Bonchev–Trinajstić information content (AvgIpc) is 2.87. The van der Waals surface area contributed by atoms with Gasteiger partial charge in [0.25, 0.3) is 0 Å². The van der Waals surface area contributed by atoms with E-state index >= 15 is 0 Å². The van der Waals surface area contributed by atoms with E-state index in [9.17, 15) is 0 Å². The van der Waals surface area contributed by atoms with Gasteiger partial charge in [0, 0.05) is 25.0 Å². The minimum Gasteiger partial charge on any atom is -0.377 e. The Hall–Kier alpha value is -0.870. The van der Waals surface area contributed by atoms with E-state index in [1.165, 1.54) is 12.8 Å². The third kappa shape index (κ3) is 2.33. The minimum atomic E-state index is 0.380. The van der Waals surface area contributed by atoms with Crippen molar-refractivity contribution in [2.24, 2.45) is 0 Å². The molecule has 1 fully saturated rings. The molecule has 2 unspecified atom stereocenters. The molecular formula is C10H17N3O. The molecule has 0 spiro atoms. The van der Waals surface area contributed by atoms with Crippen molar-refractivity contribution in [3.63, 3.8) is 0 Å². The number of ether oxygens (including phenoxy) is 1. The molecule has 0 aliphatic carbocycles. The zero-order chi connectivity index (χ0) is 9.80. The second kappa shape index (κ2) is 4.57. The zero-order valence-corrected chi connectivity index (χ0v) is 8.49. The van der Waals surface area contributed by atoms with Gasteiger partial charge in [-0.15, -0.1) is 0 Å². The molecule has 2 rings (SSSR count). The largest absolute Gasteiger partial charge is 0.377 e. The first-order valence-electron chi connectivity index (χ1n) is 5.19. The van der Waals surface area contributed by atoms with Crippen LogP contribution in [0.25, 0.3) is 0 Å². The van der Waals surface area contributed by atoms with Crippen LogP contribution in [0.2, 0.25) is 0 Å². The molecule has 0 radical (unpaired) electrons. The lowest BCUT2D eigenvalue weighted by Gasteiger charge is -2.19. The van der Waals surface area contributed by atoms with Gasteiger partial charge in [0.15, 0.2) is 0 Å². The number of hydrogen-bond donors (Lipinski definition) is 2. The third-order valence-corrected chi connectivity index (χ3v) is 2.67. The van der Waals surface area contributed by atoms with E-state index in [0.29, 0.717) is 12.1 Å². The monoisotopic (exact) mass is 195 g/mol. The number of nitrogens with zero attached hydrogens (tertiary/aromatic N) is 1. The Bertz CT molecular complexity index is 254. The van der Waals surface area contributed by atoms with Crippen LogP contribution < -0.4 is 5.32 Å². The molecule has 0 aromatic carbocycles. The first-order valence-corrected chi connectivity index (χ1v) is 5.19. The molecule has 0 amide bonds. The van der Waals surface area contributed by atoms with E-state index in [2.05, 4.69) is 22.2 Å². The van der Waals surface area contributed by atoms with Gasteiger partial charge in [0.2, 0.25) is 0 Å². The summed E-state index contributed by atoms with van der Waals surface area (Å²) in [6, 6.07) is 0.405. The SMILES string of the molecule is CC(NCc1ncc[nH]1)C1CCCO1. The van der Waals surface area contributed by atoms with Crippen molar-refractivity contribution in [1.82, 2.24) is 15.3 Å². The summed E-state index contributed by atoms with van der Waals surface area (Å²) in [6.45, 7) is 3.87. The van der Waals surface area contributed by atoms with Crippen LogP contribution in [-0.2, 0) is 11.3 Å². The first kappa shape index (κ1) is 9.68. The van der Waals surface area contributed by atoms with E-state index in [1.54, 1.807) is 6.20 Å². The number of nitrogens with one attached hydrogen (secondary N) is 2. The van der Waals surface area contributed by atoms with Gasteiger partial charge in [-0.25, -0.2) is 4.98 Å². The van der Waals surface area contributed by atoms with E-state index in [0.717, 1.165) is 19.0 Å². The van der Waals surface area contributed by atoms with Crippen LogP contribution in [-0.4, -0.2) is 28.7 Å². The molecular weight excluding hydrogens is 178 g/mol. The third-order valence-electron chi connectivity index (χ3n) is 2.67.